The molecule has 0 saturated carbocycles. The molecule has 0 aliphatic rings. The number of para-hydroxylation sites is 1. The summed E-state index contributed by atoms with van der Waals surface area (Å²) in [6.45, 7) is 0.000502. The van der Waals surface area contributed by atoms with E-state index in [1.807, 2.05) is 6.07 Å². The Balaban J connectivity index is 1.84. The van der Waals surface area contributed by atoms with Crippen LogP contribution in [-0.2, 0) is 11.4 Å². The van der Waals surface area contributed by atoms with E-state index in [1.54, 1.807) is 54.6 Å². The van der Waals surface area contributed by atoms with Crippen molar-refractivity contribution in [2.24, 2.45) is 0 Å². The number of hydrogen-bond donors (Lipinski definition) is 1. The summed E-state index contributed by atoms with van der Waals surface area (Å²) in [6, 6.07) is 18.2. The molecule has 8 heteroatoms. The fourth-order valence-corrected chi connectivity index (χ4v) is 3.55. The monoisotopic (exact) mass is 514 g/mol. The Morgan fingerprint density at radius 2 is 1.94 bits per heavy atom. The summed E-state index contributed by atoms with van der Waals surface area (Å²) in [5.74, 6) is -0.251. The predicted octanol–water partition coefficient (Wildman–Crippen LogP) is 6.37. The minimum Gasteiger partial charge on any atom is -0.493 e. The van der Waals surface area contributed by atoms with Crippen LogP contribution in [0.1, 0.15) is 11.1 Å². The van der Waals surface area contributed by atoms with E-state index in [4.69, 9.17) is 21.1 Å². The van der Waals surface area contributed by atoms with Crippen LogP contribution in [0, 0.1) is 17.1 Å². The average molecular weight is 516 g/mol. The van der Waals surface area contributed by atoms with Gasteiger partial charge in [0.25, 0.3) is 5.91 Å². The second kappa shape index (κ2) is 10.8. The zero-order chi connectivity index (χ0) is 23.1. The average Bonchev–Trinajstić information content (AvgIpc) is 2.78. The number of halogens is 3. The number of nitrogens with zero attached hydrogens (tertiary/aromatic N) is 1. The first-order valence-electron chi connectivity index (χ1n) is 9.34. The van der Waals surface area contributed by atoms with Gasteiger partial charge in [0.2, 0.25) is 0 Å². The van der Waals surface area contributed by atoms with Gasteiger partial charge in [0.1, 0.15) is 24.1 Å². The van der Waals surface area contributed by atoms with Crippen molar-refractivity contribution in [1.29, 1.82) is 5.26 Å². The van der Waals surface area contributed by atoms with Crippen LogP contribution in [0.3, 0.4) is 0 Å². The molecular formula is C24H17BrClFN2O3. The van der Waals surface area contributed by atoms with Gasteiger partial charge in [-0.1, -0.05) is 41.9 Å². The van der Waals surface area contributed by atoms with E-state index < -0.39 is 5.91 Å². The number of benzene rings is 3. The number of amides is 1. The summed E-state index contributed by atoms with van der Waals surface area (Å²) in [6.07, 6.45) is 1.42. The molecule has 3 aromatic rings. The summed E-state index contributed by atoms with van der Waals surface area (Å²) < 4.78 is 25.5. The molecule has 0 saturated heterocycles. The predicted molar refractivity (Wildman–Crippen MR) is 125 cm³/mol. The van der Waals surface area contributed by atoms with Gasteiger partial charge in [-0.15, -0.1) is 0 Å². The van der Waals surface area contributed by atoms with Gasteiger partial charge in [-0.3, -0.25) is 4.79 Å². The maximum Gasteiger partial charge on any atom is 0.266 e. The molecule has 0 atom stereocenters. The molecule has 32 heavy (non-hydrogen) atoms. The molecule has 5 nitrogen and oxygen atoms in total. The number of carbonyl (C=O) groups excluding carboxylic acids is 1. The Kier molecular flexibility index (Phi) is 7.87. The summed E-state index contributed by atoms with van der Waals surface area (Å²) in [5.41, 5.74) is 1.20. The number of hydrogen-bond acceptors (Lipinski definition) is 4. The van der Waals surface area contributed by atoms with E-state index >= 15 is 0 Å². The summed E-state index contributed by atoms with van der Waals surface area (Å²) in [4.78, 5) is 12.5. The molecule has 0 spiro atoms. The van der Waals surface area contributed by atoms with Crippen LogP contribution in [0.25, 0.3) is 6.08 Å². The van der Waals surface area contributed by atoms with Crippen molar-refractivity contribution in [3.8, 4) is 17.6 Å². The van der Waals surface area contributed by atoms with Crippen LogP contribution in [0.2, 0.25) is 5.02 Å². The van der Waals surface area contributed by atoms with Gasteiger partial charge in [-0.05, 0) is 57.9 Å². The molecule has 3 aromatic carbocycles. The second-order valence-corrected chi connectivity index (χ2v) is 7.78. The molecule has 0 bridgehead atoms. The molecule has 1 N–H and O–H groups in total. The molecule has 1 amide bonds. The molecule has 0 unspecified atom stereocenters. The van der Waals surface area contributed by atoms with Gasteiger partial charge in [-0.2, -0.15) is 5.26 Å². The van der Waals surface area contributed by atoms with E-state index in [0.29, 0.717) is 37.8 Å². The Morgan fingerprint density at radius 3 is 2.62 bits per heavy atom. The highest BCUT2D eigenvalue weighted by atomic mass is 79.9. The number of carbonyl (C=O) groups is 1. The van der Waals surface area contributed by atoms with Gasteiger partial charge < -0.3 is 14.8 Å². The molecular weight excluding hydrogens is 499 g/mol. The van der Waals surface area contributed by atoms with Gasteiger partial charge >= 0.3 is 0 Å². The standard InChI is InChI=1S/C24H17BrClFN2O3/c1-31-22-12-15(10-17(13-28)24(30)29-21-9-5-3-7-19(21)26)11-18(25)23(22)32-14-16-6-2-4-8-20(16)27/h2-12H,14H2,1H3,(H,29,30)/b17-10+. The zero-order valence-electron chi connectivity index (χ0n) is 16.9. The van der Waals surface area contributed by atoms with Gasteiger partial charge in [0.15, 0.2) is 11.5 Å². The topological polar surface area (TPSA) is 71.3 Å². The summed E-state index contributed by atoms with van der Waals surface area (Å²) in [5, 5.41) is 12.5. The molecule has 0 radical (unpaired) electrons. The maximum absolute atomic E-state index is 13.9. The molecule has 0 aromatic heterocycles. The van der Waals surface area contributed by atoms with E-state index in [0.717, 1.165) is 0 Å². The molecule has 0 aliphatic heterocycles. The maximum atomic E-state index is 13.9. The smallest absolute Gasteiger partial charge is 0.266 e. The van der Waals surface area contributed by atoms with Crippen molar-refractivity contribution < 1.29 is 18.7 Å². The van der Waals surface area contributed by atoms with Crippen molar-refractivity contribution in [2.75, 3.05) is 12.4 Å². The largest absolute Gasteiger partial charge is 0.493 e. The molecule has 0 fully saturated rings. The van der Waals surface area contributed by atoms with Crippen LogP contribution < -0.4 is 14.8 Å². The number of methoxy groups -OCH3 is 1. The normalized spacial score (nSPS) is 10.9. The zero-order valence-corrected chi connectivity index (χ0v) is 19.2. The lowest BCUT2D eigenvalue weighted by atomic mass is 10.1. The summed E-state index contributed by atoms with van der Waals surface area (Å²) in [7, 11) is 1.46. The molecule has 162 valence electrons. The van der Waals surface area contributed by atoms with E-state index in [-0.39, 0.29) is 18.0 Å². The molecule has 3 rings (SSSR count). The van der Waals surface area contributed by atoms with Gasteiger partial charge in [0.05, 0.1) is 22.3 Å². The quantitative estimate of drug-likeness (QED) is 0.293. The highest BCUT2D eigenvalue weighted by Gasteiger charge is 2.15. The van der Waals surface area contributed by atoms with E-state index in [1.165, 1.54) is 19.3 Å². The van der Waals surface area contributed by atoms with Crippen LogP contribution in [0.5, 0.6) is 11.5 Å². The first-order chi connectivity index (χ1) is 15.4. The number of nitriles is 1. The van der Waals surface area contributed by atoms with Crippen LogP contribution in [0.4, 0.5) is 10.1 Å². The first kappa shape index (κ1) is 23.3. The second-order valence-electron chi connectivity index (χ2n) is 6.52. The van der Waals surface area contributed by atoms with Crippen molar-refractivity contribution in [2.45, 2.75) is 6.61 Å². The number of ether oxygens (including phenoxy) is 2. The highest BCUT2D eigenvalue weighted by molar-refractivity contribution is 9.10. The summed E-state index contributed by atoms with van der Waals surface area (Å²) >= 11 is 9.47. The van der Waals surface area contributed by atoms with E-state index in [9.17, 15) is 14.4 Å². The van der Waals surface area contributed by atoms with Gasteiger partial charge in [0, 0.05) is 5.56 Å². The lowest BCUT2D eigenvalue weighted by Gasteiger charge is -2.14. The highest BCUT2D eigenvalue weighted by Crippen LogP contribution is 2.38. The third-order valence-corrected chi connectivity index (χ3v) is 5.30. The Morgan fingerprint density at radius 1 is 1.22 bits per heavy atom. The fraction of sp³-hybridized carbons (Fsp3) is 0.0833. The minimum atomic E-state index is -0.601. The van der Waals surface area contributed by atoms with Gasteiger partial charge in [-0.25, -0.2) is 4.39 Å². The molecule has 0 heterocycles. The third-order valence-electron chi connectivity index (χ3n) is 4.38. The van der Waals surface area contributed by atoms with Crippen LogP contribution in [0.15, 0.2) is 70.7 Å². The van der Waals surface area contributed by atoms with Crippen molar-refractivity contribution >= 4 is 45.2 Å². The van der Waals surface area contributed by atoms with Crippen molar-refractivity contribution in [3.05, 3.63) is 92.7 Å². The minimum absolute atomic E-state index is 0.000502. The lowest BCUT2D eigenvalue weighted by molar-refractivity contribution is -0.112. The van der Waals surface area contributed by atoms with Crippen LogP contribution >= 0.6 is 27.5 Å². The Labute approximate surface area is 198 Å². The van der Waals surface area contributed by atoms with Crippen LogP contribution in [-0.4, -0.2) is 13.0 Å². The Bertz CT molecular complexity index is 1220. The number of anilines is 1. The third kappa shape index (κ3) is 5.67. The SMILES string of the molecule is COc1cc(/C=C(\C#N)C(=O)Nc2ccccc2Cl)cc(Br)c1OCc1ccccc1F. The van der Waals surface area contributed by atoms with Crippen molar-refractivity contribution in [1.82, 2.24) is 0 Å². The fourth-order valence-electron chi connectivity index (χ4n) is 2.80. The number of nitrogens with one attached hydrogen (secondary N) is 1. The first-order valence-corrected chi connectivity index (χ1v) is 10.5. The van der Waals surface area contributed by atoms with Crippen molar-refractivity contribution in [3.63, 3.8) is 0 Å². The number of rotatable bonds is 7. The Hall–Kier alpha value is -3.34. The van der Waals surface area contributed by atoms with E-state index in [2.05, 4.69) is 21.2 Å². The lowest BCUT2D eigenvalue weighted by Crippen LogP contribution is -2.13. The molecule has 0 aliphatic carbocycles.